The molecule has 0 unspecified atom stereocenters. The monoisotopic (exact) mass is 352 g/mol. The van der Waals surface area contributed by atoms with Crippen molar-refractivity contribution in [3.63, 3.8) is 0 Å². The van der Waals surface area contributed by atoms with Crippen LogP contribution in [0.25, 0.3) is 11.3 Å². The first-order chi connectivity index (χ1) is 12.0. The molecule has 0 radical (unpaired) electrons. The fourth-order valence-corrected chi connectivity index (χ4v) is 3.53. The van der Waals surface area contributed by atoms with Crippen LogP contribution >= 0.6 is 11.3 Å². The maximum atomic E-state index is 12.1. The van der Waals surface area contributed by atoms with Crippen LogP contribution in [0.15, 0.2) is 47.0 Å². The molecule has 0 aliphatic heterocycles. The number of hydrogen-bond acceptors (Lipinski definition) is 4. The number of carbonyl (C=O) groups is 1. The first-order valence-corrected chi connectivity index (χ1v) is 8.90. The molecular weight excluding hydrogens is 332 g/mol. The number of thiazole rings is 1. The number of rotatable bonds is 5. The summed E-state index contributed by atoms with van der Waals surface area (Å²) >= 11 is 1.48. The zero-order valence-electron chi connectivity index (χ0n) is 14.5. The summed E-state index contributed by atoms with van der Waals surface area (Å²) in [5, 5.41) is 6.97. The van der Waals surface area contributed by atoms with E-state index in [0.717, 1.165) is 38.8 Å². The van der Waals surface area contributed by atoms with Gasteiger partial charge in [0.05, 0.1) is 17.8 Å². The van der Waals surface area contributed by atoms with Gasteiger partial charge in [0.1, 0.15) is 5.01 Å². The van der Waals surface area contributed by atoms with Crippen LogP contribution in [0.1, 0.15) is 28.8 Å². The zero-order chi connectivity index (χ0) is 17.8. The molecule has 3 rings (SSSR count). The van der Waals surface area contributed by atoms with E-state index in [9.17, 15) is 4.79 Å². The van der Waals surface area contributed by atoms with Crippen molar-refractivity contribution in [1.82, 2.24) is 15.4 Å². The Balaban J connectivity index is 1.64. The van der Waals surface area contributed by atoms with Crippen LogP contribution in [-0.2, 0) is 11.2 Å². The molecule has 0 bridgehead atoms. The number of amides is 1. The van der Waals surface area contributed by atoms with Gasteiger partial charge in [0.15, 0.2) is 0 Å². The van der Waals surface area contributed by atoms with E-state index < -0.39 is 0 Å². The summed E-state index contributed by atoms with van der Waals surface area (Å²) < 4.78 is 0. The van der Waals surface area contributed by atoms with Crippen LogP contribution in [0, 0.1) is 13.8 Å². The third-order valence-electron chi connectivity index (χ3n) is 3.92. The van der Waals surface area contributed by atoms with E-state index in [-0.39, 0.29) is 12.3 Å². The lowest BCUT2D eigenvalue weighted by atomic mass is 10.1. The molecule has 0 aliphatic carbocycles. The molecule has 0 aliphatic rings. The smallest absolute Gasteiger partial charge is 0.246 e. The third kappa shape index (κ3) is 4.03. The molecule has 2 aromatic heterocycles. The quantitative estimate of drug-likeness (QED) is 0.541. The van der Waals surface area contributed by atoms with Gasteiger partial charge in [0.25, 0.3) is 0 Å². The van der Waals surface area contributed by atoms with Gasteiger partial charge < -0.3 is 4.98 Å². The highest BCUT2D eigenvalue weighted by molar-refractivity contribution is 7.10. The van der Waals surface area contributed by atoms with Gasteiger partial charge in [-0.15, -0.1) is 11.3 Å². The van der Waals surface area contributed by atoms with Crippen LogP contribution in [0.3, 0.4) is 0 Å². The number of H-pyrrole nitrogens is 1. The van der Waals surface area contributed by atoms with E-state index in [1.165, 1.54) is 11.3 Å². The van der Waals surface area contributed by atoms with Crippen molar-refractivity contribution >= 4 is 23.0 Å². The van der Waals surface area contributed by atoms with Crippen LogP contribution in [-0.4, -0.2) is 21.6 Å². The molecular formula is C19H20N4OS. The van der Waals surface area contributed by atoms with Crippen LogP contribution in [0.4, 0.5) is 0 Å². The molecule has 6 heteroatoms. The first kappa shape index (κ1) is 17.1. The third-order valence-corrected chi connectivity index (χ3v) is 4.77. The topological polar surface area (TPSA) is 70.1 Å². The Bertz CT molecular complexity index is 889. The minimum Gasteiger partial charge on any atom is -0.364 e. The Morgan fingerprint density at radius 3 is 2.72 bits per heavy atom. The van der Waals surface area contributed by atoms with Gasteiger partial charge in [-0.1, -0.05) is 30.3 Å². The molecule has 0 fully saturated rings. The van der Waals surface area contributed by atoms with Crippen LogP contribution < -0.4 is 5.43 Å². The second-order valence-electron chi connectivity index (χ2n) is 5.87. The number of hydrazone groups is 1. The number of hydrogen-bond donors (Lipinski definition) is 2. The van der Waals surface area contributed by atoms with Gasteiger partial charge in [-0.05, 0) is 26.3 Å². The van der Waals surface area contributed by atoms with Gasteiger partial charge in [-0.2, -0.15) is 5.10 Å². The molecule has 0 saturated heterocycles. The molecule has 0 saturated carbocycles. The molecule has 25 heavy (non-hydrogen) atoms. The molecule has 2 heterocycles. The zero-order valence-corrected chi connectivity index (χ0v) is 15.3. The van der Waals surface area contributed by atoms with Crippen molar-refractivity contribution < 1.29 is 4.79 Å². The van der Waals surface area contributed by atoms with Gasteiger partial charge in [-0.3, -0.25) is 4.79 Å². The van der Waals surface area contributed by atoms with Crippen molar-refractivity contribution in [2.75, 3.05) is 0 Å². The summed E-state index contributed by atoms with van der Waals surface area (Å²) in [5.41, 5.74) is 8.55. The Hall–Kier alpha value is -2.73. The van der Waals surface area contributed by atoms with E-state index in [0.29, 0.717) is 0 Å². The lowest BCUT2D eigenvalue weighted by Gasteiger charge is -2.03. The lowest BCUT2D eigenvalue weighted by molar-refractivity contribution is -0.120. The number of nitrogens with one attached hydrogen (secondary N) is 2. The van der Waals surface area contributed by atoms with Crippen molar-refractivity contribution in [3.05, 3.63) is 63.7 Å². The predicted molar refractivity (Wildman–Crippen MR) is 102 cm³/mol. The van der Waals surface area contributed by atoms with E-state index in [2.05, 4.69) is 20.5 Å². The van der Waals surface area contributed by atoms with Gasteiger partial charge in [-0.25, -0.2) is 10.4 Å². The normalized spacial score (nSPS) is 11.6. The molecule has 128 valence electrons. The molecule has 5 nitrogen and oxygen atoms in total. The number of carbonyl (C=O) groups excluding carboxylic acids is 1. The van der Waals surface area contributed by atoms with Crippen molar-refractivity contribution in [1.29, 1.82) is 0 Å². The highest BCUT2D eigenvalue weighted by atomic mass is 32.1. The molecule has 0 spiro atoms. The van der Waals surface area contributed by atoms with Gasteiger partial charge in [0, 0.05) is 28.4 Å². The van der Waals surface area contributed by atoms with Crippen LogP contribution in [0.5, 0.6) is 0 Å². The molecule has 0 atom stereocenters. The van der Waals surface area contributed by atoms with Crippen molar-refractivity contribution in [3.8, 4) is 11.3 Å². The van der Waals surface area contributed by atoms with Crippen molar-refractivity contribution in [2.24, 2.45) is 5.10 Å². The second kappa shape index (κ2) is 7.44. The minimum atomic E-state index is -0.167. The summed E-state index contributed by atoms with van der Waals surface area (Å²) in [4.78, 5) is 19.8. The highest BCUT2D eigenvalue weighted by Crippen LogP contribution is 2.21. The summed E-state index contributed by atoms with van der Waals surface area (Å²) in [6, 6.07) is 9.94. The fraction of sp³-hybridized carbons (Fsp3) is 0.211. The second-order valence-corrected chi connectivity index (χ2v) is 6.82. The highest BCUT2D eigenvalue weighted by Gasteiger charge is 2.11. The summed E-state index contributed by atoms with van der Waals surface area (Å²) in [6.45, 7) is 5.89. The largest absolute Gasteiger partial charge is 0.364 e. The maximum absolute atomic E-state index is 12.1. The maximum Gasteiger partial charge on any atom is 0.246 e. The Morgan fingerprint density at radius 2 is 2.04 bits per heavy atom. The summed E-state index contributed by atoms with van der Waals surface area (Å²) in [5.74, 6) is -0.167. The SMILES string of the molecule is C/C(=N\NC(=O)Cc1nc(-c2ccccc2)cs1)c1c(C)c[nH]c1C. The Kier molecular flexibility index (Phi) is 5.09. The minimum absolute atomic E-state index is 0.167. The molecule has 3 aromatic rings. The Morgan fingerprint density at radius 1 is 1.28 bits per heavy atom. The average Bonchev–Trinajstić information content (AvgIpc) is 3.20. The average molecular weight is 352 g/mol. The predicted octanol–water partition coefficient (Wildman–Crippen LogP) is 3.84. The van der Waals surface area contributed by atoms with E-state index in [1.54, 1.807) is 0 Å². The number of aryl methyl sites for hydroxylation is 2. The number of benzene rings is 1. The Labute approximate surface area is 150 Å². The van der Waals surface area contributed by atoms with E-state index in [4.69, 9.17) is 0 Å². The molecule has 2 N–H and O–H groups in total. The first-order valence-electron chi connectivity index (χ1n) is 8.02. The number of aromatic amines is 1. The summed E-state index contributed by atoms with van der Waals surface area (Å²) in [7, 11) is 0. The molecule has 1 amide bonds. The van der Waals surface area contributed by atoms with Crippen molar-refractivity contribution in [2.45, 2.75) is 27.2 Å². The molecule has 1 aromatic carbocycles. The van der Waals surface area contributed by atoms with Crippen LogP contribution in [0.2, 0.25) is 0 Å². The number of nitrogens with zero attached hydrogens (tertiary/aromatic N) is 2. The standard InChI is InChI=1S/C19H20N4OS/c1-12-10-20-13(2)19(12)14(3)22-23-17(24)9-18-21-16(11-25-18)15-7-5-4-6-8-15/h4-8,10-11,20H,9H2,1-3H3,(H,23,24)/b22-14+. The number of aromatic nitrogens is 2. The summed E-state index contributed by atoms with van der Waals surface area (Å²) in [6.07, 6.45) is 2.16. The van der Waals surface area contributed by atoms with Gasteiger partial charge in [0.2, 0.25) is 5.91 Å². The van der Waals surface area contributed by atoms with E-state index in [1.807, 2.05) is 62.7 Å². The fourth-order valence-electron chi connectivity index (χ4n) is 2.73. The van der Waals surface area contributed by atoms with Gasteiger partial charge >= 0.3 is 0 Å². The lowest BCUT2D eigenvalue weighted by Crippen LogP contribution is -2.21. The van der Waals surface area contributed by atoms with E-state index >= 15 is 0 Å².